The highest BCUT2D eigenvalue weighted by molar-refractivity contribution is 7.97. The molecule has 2 amide bonds. The van der Waals surface area contributed by atoms with Crippen molar-refractivity contribution in [3.8, 4) is 0 Å². The number of methoxy groups -OCH3 is 2. The zero-order valence-electron chi connectivity index (χ0n) is 9.25. The van der Waals surface area contributed by atoms with Crippen molar-refractivity contribution in [3.05, 3.63) is 24.4 Å². The normalized spacial score (nSPS) is 9.29. The molecule has 17 heavy (non-hydrogen) atoms. The molecule has 0 unspecified atom stereocenters. The summed E-state index contributed by atoms with van der Waals surface area (Å²) in [4.78, 5) is 26.4. The highest BCUT2D eigenvalue weighted by Gasteiger charge is 2.19. The highest BCUT2D eigenvalue weighted by atomic mass is 32.2. The van der Waals surface area contributed by atoms with Crippen molar-refractivity contribution in [3.63, 3.8) is 0 Å². The van der Waals surface area contributed by atoms with E-state index in [9.17, 15) is 9.59 Å². The number of hydrogen-bond donors (Lipinski definition) is 1. The molecule has 1 aromatic rings. The van der Waals surface area contributed by atoms with Crippen molar-refractivity contribution in [2.24, 2.45) is 0 Å². The second-order valence-electron chi connectivity index (χ2n) is 2.63. The lowest BCUT2D eigenvalue weighted by molar-refractivity contribution is 0.124. The van der Waals surface area contributed by atoms with Gasteiger partial charge in [0.15, 0.2) is 0 Å². The molecule has 0 aromatic carbocycles. The second kappa shape index (κ2) is 6.59. The van der Waals surface area contributed by atoms with Crippen LogP contribution in [0.25, 0.3) is 0 Å². The molecule has 7 nitrogen and oxygen atoms in total. The highest BCUT2D eigenvalue weighted by Crippen LogP contribution is 2.18. The summed E-state index contributed by atoms with van der Waals surface area (Å²) in [5.41, 5.74) is 2.19. The molecule has 0 fully saturated rings. The molecular formula is C9H11N3O4S. The van der Waals surface area contributed by atoms with Crippen molar-refractivity contribution in [2.45, 2.75) is 5.03 Å². The van der Waals surface area contributed by atoms with Gasteiger partial charge in [-0.05, 0) is 12.1 Å². The molecule has 1 N–H and O–H groups in total. The SMILES string of the molecule is COC(=O)NN(Sc1ccccn1)C(=O)OC. The maximum atomic E-state index is 11.4. The number of nitrogens with zero attached hydrogens (tertiary/aromatic N) is 2. The van der Waals surface area contributed by atoms with Gasteiger partial charge in [0, 0.05) is 18.1 Å². The summed E-state index contributed by atoms with van der Waals surface area (Å²) in [6.45, 7) is 0. The van der Waals surface area contributed by atoms with E-state index in [-0.39, 0.29) is 0 Å². The maximum Gasteiger partial charge on any atom is 0.439 e. The average molecular weight is 257 g/mol. The maximum absolute atomic E-state index is 11.4. The Morgan fingerprint density at radius 2 is 2.12 bits per heavy atom. The quantitative estimate of drug-likeness (QED) is 0.637. The zero-order valence-corrected chi connectivity index (χ0v) is 10.1. The van der Waals surface area contributed by atoms with Crippen LogP contribution < -0.4 is 5.43 Å². The molecule has 0 aliphatic heterocycles. The molecule has 0 saturated carbocycles. The Hall–Kier alpha value is -1.96. The van der Waals surface area contributed by atoms with Gasteiger partial charge in [-0.15, -0.1) is 4.41 Å². The van der Waals surface area contributed by atoms with Crippen LogP contribution in [0.4, 0.5) is 9.59 Å². The number of pyridine rings is 1. The third-order valence-electron chi connectivity index (χ3n) is 1.54. The zero-order chi connectivity index (χ0) is 12.7. The van der Waals surface area contributed by atoms with Crippen LogP contribution in [0, 0.1) is 0 Å². The summed E-state index contributed by atoms with van der Waals surface area (Å²) >= 11 is 0.901. The van der Waals surface area contributed by atoms with Crippen molar-refractivity contribution in [1.29, 1.82) is 0 Å². The minimum atomic E-state index is -0.779. The smallest absolute Gasteiger partial charge is 0.439 e. The number of hydrazine groups is 1. The van der Waals surface area contributed by atoms with Crippen molar-refractivity contribution >= 4 is 24.1 Å². The van der Waals surface area contributed by atoms with Crippen LogP contribution in [-0.2, 0) is 9.47 Å². The largest absolute Gasteiger partial charge is 0.452 e. The molecule has 0 aliphatic carbocycles. The molecule has 0 bridgehead atoms. The minimum Gasteiger partial charge on any atom is -0.452 e. The fraction of sp³-hybridized carbons (Fsp3) is 0.222. The lowest BCUT2D eigenvalue weighted by Crippen LogP contribution is -2.41. The summed E-state index contributed by atoms with van der Waals surface area (Å²) in [7, 11) is 2.39. The van der Waals surface area contributed by atoms with Gasteiger partial charge in [0.2, 0.25) is 0 Å². The molecule has 1 aromatic heterocycles. The van der Waals surface area contributed by atoms with E-state index in [4.69, 9.17) is 0 Å². The van der Waals surface area contributed by atoms with E-state index in [0.717, 1.165) is 16.4 Å². The predicted molar refractivity (Wildman–Crippen MR) is 59.9 cm³/mol. The number of aromatic nitrogens is 1. The number of carbonyl (C=O) groups excluding carboxylic acids is 2. The van der Waals surface area contributed by atoms with Crippen LogP contribution in [0.1, 0.15) is 0 Å². The van der Waals surface area contributed by atoms with E-state index in [0.29, 0.717) is 5.03 Å². The van der Waals surface area contributed by atoms with E-state index in [1.807, 2.05) is 0 Å². The van der Waals surface area contributed by atoms with E-state index >= 15 is 0 Å². The van der Waals surface area contributed by atoms with Gasteiger partial charge in [-0.3, -0.25) is 0 Å². The molecule has 92 valence electrons. The summed E-state index contributed by atoms with van der Waals surface area (Å²) in [5, 5.41) is 0.523. The topological polar surface area (TPSA) is 80.8 Å². The van der Waals surface area contributed by atoms with Crippen molar-refractivity contribution in [2.75, 3.05) is 14.2 Å². The Labute approximate surface area is 102 Å². The molecule has 0 saturated heterocycles. The van der Waals surface area contributed by atoms with Crippen LogP contribution in [-0.4, -0.2) is 35.8 Å². The van der Waals surface area contributed by atoms with Gasteiger partial charge in [0.25, 0.3) is 0 Å². The third-order valence-corrected chi connectivity index (χ3v) is 2.39. The Balaban J connectivity index is 2.70. The number of ether oxygens (including phenoxy) is 2. The Bertz CT molecular complexity index is 387. The van der Waals surface area contributed by atoms with Crippen molar-refractivity contribution < 1.29 is 19.1 Å². The fourth-order valence-corrected chi connectivity index (χ4v) is 1.52. The van der Waals surface area contributed by atoms with Gasteiger partial charge in [-0.1, -0.05) is 6.07 Å². The van der Waals surface area contributed by atoms with Gasteiger partial charge in [-0.2, -0.15) is 0 Å². The summed E-state index contributed by atoms with van der Waals surface area (Å²) in [6, 6.07) is 5.17. The molecule has 1 rings (SSSR count). The lowest BCUT2D eigenvalue weighted by atomic mass is 10.5. The number of amides is 2. The minimum absolute atomic E-state index is 0.523. The molecule has 1 heterocycles. The van der Waals surface area contributed by atoms with Gasteiger partial charge in [0.1, 0.15) is 5.03 Å². The van der Waals surface area contributed by atoms with Crippen LogP contribution in [0.2, 0.25) is 0 Å². The van der Waals surface area contributed by atoms with Gasteiger partial charge < -0.3 is 9.47 Å². The second-order valence-corrected chi connectivity index (χ2v) is 3.59. The summed E-state index contributed by atoms with van der Waals surface area (Å²) < 4.78 is 9.76. The van der Waals surface area contributed by atoms with E-state index in [1.165, 1.54) is 14.2 Å². The van der Waals surface area contributed by atoms with Gasteiger partial charge >= 0.3 is 12.2 Å². The average Bonchev–Trinajstić information content (AvgIpc) is 2.38. The van der Waals surface area contributed by atoms with Gasteiger partial charge in [0.05, 0.1) is 14.2 Å². The molecule has 0 aliphatic rings. The van der Waals surface area contributed by atoms with E-state index in [1.54, 1.807) is 24.4 Å². The third kappa shape index (κ3) is 4.19. The molecule has 8 heteroatoms. The Kier molecular flexibility index (Phi) is 5.08. The fourth-order valence-electron chi connectivity index (χ4n) is 0.812. The van der Waals surface area contributed by atoms with E-state index in [2.05, 4.69) is 19.9 Å². The number of rotatable bonds is 2. The first-order valence-electron chi connectivity index (χ1n) is 4.49. The van der Waals surface area contributed by atoms with E-state index < -0.39 is 12.2 Å². The summed E-state index contributed by atoms with van der Waals surface area (Å²) in [6.07, 6.45) is 0.0422. The van der Waals surface area contributed by atoms with Gasteiger partial charge in [-0.25, -0.2) is 20.0 Å². The van der Waals surface area contributed by atoms with Crippen LogP contribution in [0.15, 0.2) is 29.4 Å². The molecule has 0 atom stereocenters. The van der Waals surface area contributed by atoms with Crippen LogP contribution >= 0.6 is 11.9 Å². The first-order valence-corrected chi connectivity index (χ1v) is 5.26. The molecule has 0 radical (unpaired) electrons. The molecular weight excluding hydrogens is 246 g/mol. The van der Waals surface area contributed by atoms with Crippen LogP contribution in [0.5, 0.6) is 0 Å². The first-order chi connectivity index (χ1) is 8.17. The van der Waals surface area contributed by atoms with Crippen LogP contribution in [0.3, 0.4) is 0 Å². The number of hydrogen-bond acceptors (Lipinski definition) is 6. The summed E-state index contributed by atoms with van der Waals surface area (Å²) in [5.74, 6) is 0. The molecule has 0 spiro atoms. The number of carbonyl (C=O) groups is 2. The van der Waals surface area contributed by atoms with Crippen molar-refractivity contribution in [1.82, 2.24) is 14.8 Å². The number of nitrogens with one attached hydrogen (secondary N) is 1. The monoisotopic (exact) mass is 257 g/mol. The Morgan fingerprint density at radius 1 is 1.35 bits per heavy atom. The first kappa shape index (κ1) is 13.1. The lowest BCUT2D eigenvalue weighted by Gasteiger charge is -2.18. The standard InChI is InChI=1S/C9H11N3O4S/c1-15-8(13)11-12(9(14)16-2)17-7-5-3-4-6-10-7/h3-6H,1-2H3,(H,11,13). The Morgan fingerprint density at radius 3 is 2.65 bits per heavy atom. The predicted octanol–water partition coefficient (Wildman–Crippen LogP) is 1.43.